The van der Waals surface area contributed by atoms with E-state index in [1.54, 1.807) is 17.0 Å². The number of nitrogens with one attached hydrogen (secondary N) is 1. The van der Waals surface area contributed by atoms with Crippen molar-refractivity contribution in [2.75, 3.05) is 31.2 Å². The maximum atomic E-state index is 12.2. The van der Waals surface area contributed by atoms with Gasteiger partial charge in [0.25, 0.3) is 0 Å². The lowest BCUT2D eigenvalue weighted by atomic mass is 10.1. The third-order valence-electron chi connectivity index (χ3n) is 5.27. The van der Waals surface area contributed by atoms with Crippen LogP contribution >= 0.6 is 0 Å². The van der Waals surface area contributed by atoms with E-state index in [0.717, 1.165) is 41.6 Å². The summed E-state index contributed by atoms with van der Waals surface area (Å²) in [5.74, 6) is 2.23. The second kappa shape index (κ2) is 9.08. The summed E-state index contributed by atoms with van der Waals surface area (Å²) in [7, 11) is 0. The smallest absolute Gasteiger partial charge is 0.220 e. The lowest BCUT2D eigenvalue weighted by molar-refractivity contribution is -0.121. The third kappa shape index (κ3) is 4.51. The Balaban J connectivity index is 1.39. The van der Waals surface area contributed by atoms with Gasteiger partial charge in [0.2, 0.25) is 5.91 Å². The molecule has 0 aliphatic carbocycles. The highest BCUT2D eigenvalue weighted by Crippen LogP contribution is 2.19. The second-order valence-electron chi connectivity index (χ2n) is 7.27. The predicted octanol–water partition coefficient (Wildman–Crippen LogP) is 1.96. The molecule has 1 saturated heterocycles. The van der Waals surface area contributed by atoms with Crippen LogP contribution in [0.2, 0.25) is 0 Å². The molecule has 9 nitrogen and oxygen atoms in total. The van der Waals surface area contributed by atoms with Gasteiger partial charge in [-0.05, 0) is 50.1 Å². The monoisotopic (exact) mass is 410 g/mol. The lowest BCUT2D eigenvalue weighted by Crippen LogP contribution is -2.36. The van der Waals surface area contributed by atoms with Crippen LogP contribution in [0.15, 0.2) is 34.9 Å². The molecule has 0 radical (unpaired) electrons. The molecular formula is C21H26N6O3. The first-order valence-electron chi connectivity index (χ1n) is 10.1. The van der Waals surface area contributed by atoms with E-state index in [-0.39, 0.29) is 5.91 Å². The molecular weight excluding hydrogens is 384 g/mol. The SMILES string of the molecule is Cc1nn(-c2ccc(N3CCOCC3)nn2)c(C)c1CCC(=O)NCc1ccco1. The molecule has 0 bridgehead atoms. The minimum Gasteiger partial charge on any atom is -0.467 e. The van der Waals surface area contributed by atoms with Gasteiger partial charge in [0.1, 0.15) is 5.76 Å². The molecule has 1 fully saturated rings. The molecule has 1 N–H and O–H groups in total. The zero-order valence-electron chi connectivity index (χ0n) is 17.3. The Labute approximate surface area is 175 Å². The number of carbonyl (C=O) groups is 1. The summed E-state index contributed by atoms with van der Waals surface area (Å²) >= 11 is 0. The van der Waals surface area contributed by atoms with Gasteiger partial charge in [-0.2, -0.15) is 5.10 Å². The van der Waals surface area contributed by atoms with Crippen molar-refractivity contribution in [2.24, 2.45) is 0 Å². The van der Waals surface area contributed by atoms with Crippen molar-refractivity contribution in [1.29, 1.82) is 0 Å². The van der Waals surface area contributed by atoms with Crippen molar-refractivity contribution in [2.45, 2.75) is 33.2 Å². The van der Waals surface area contributed by atoms with E-state index in [1.165, 1.54) is 0 Å². The summed E-state index contributed by atoms with van der Waals surface area (Å²) in [6.45, 7) is 7.40. The second-order valence-corrected chi connectivity index (χ2v) is 7.27. The maximum Gasteiger partial charge on any atom is 0.220 e. The molecule has 30 heavy (non-hydrogen) atoms. The fraction of sp³-hybridized carbons (Fsp3) is 0.429. The van der Waals surface area contributed by atoms with Crippen molar-refractivity contribution < 1.29 is 13.9 Å². The van der Waals surface area contributed by atoms with E-state index in [9.17, 15) is 4.79 Å². The Morgan fingerprint density at radius 3 is 2.60 bits per heavy atom. The molecule has 0 atom stereocenters. The van der Waals surface area contributed by atoms with Crippen molar-refractivity contribution in [3.63, 3.8) is 0 Å². The van der Waals surface area contributed by atoms with Crippen molar-refractivity contribution in [3.05, 3.63) is 53.2 Å². The number of anilines is 1. The molecule has 0 aromatic carbocycles. The van der Waals surface area contributed by atoms with Crippen LogP contribution in [-0.4, -0.2) is 52.2 Å². The lowest BCUT2D eigenvalue weighted by Gasteiger charge is -2.27. The number of hydrogen-bond donors (Lipinski definition) is 1. The first-order chi connectivity index (χ1) is 14.6. The highest BCUT2D eigenvalue weighted by Gasteiger charge is 2.17. The van der Waals surface area contributed by atoms with E-state index in [2.05, 4.69) is 25.5 Å². The fourth-order valence-electron chi connectivity index (χ4n) is 3.58. The van der Waals surface area contributed by atoms with Gasteiger partial charge >= 0.3 is 0 Å². The van der Waals surface area contributed by atoms with Crippen molar-refractivity contribution in [3.8, 4) is 5.82 Å². The van der Waals surface area contributed by atoms with Crippen LogP contribution in [0.4, 0.5) is 5.82 Å². The van der Waals surface area contributed by atoms with Gasteiger partial charge in [0.05, 0.1) is 31.7 Å². The summed E-state index contributed by atoms with van der Waals surface area (Å²) in [6.07, 6.45) is 2.59. The normalized spacial score (nSPS) is 14.1. The Bertz CT molecular complexity index is 975. The number of aromatic nitrogens is 4. The fourth-order valence-corrected chi connectivity index (χ4v) is 3.58. The van der Waals surface area contributed by atoms with Gasteiger partial charge in [0, 0.05) is 25.2 Å². The molecule has 3 aromatic heterocycles. The highest BCUT2D eigenvalue weighted by molar-refractivity contribution is 5.76. The first-order valence-corrected chi connectivity index (χ1v) is 10.1. The Kier molecular flexibility index (Phi) is 6.08. The van der Waals surface area contributed by atoms with Gasteiger partial charge in [-0.1, -0.05) is 0 Å². The number of amides is 1. The number of aryl methyl sites for hydroxylation is 1. The molecule has 3 aromatic rings. The van der Waals surface area contributed by atoms with E-state index in [0.29, 0.717) is 38.4 Å². The van der Waals surface area contributed by atoms with Crippen molar-refractivity contribution >= 4 is 11.7 Å². The molecule has 1 amide bonds. The quantitative estimate of drug-likeness (QED) is 0.636. The molecule has 1 aliphatic heterocycles. The molecule has 1 aliphatic rings. The largest absolute Gasteiger partial charge is 0.467 e. The van der Waals surface area contributed by atoms with E-state index >= 15 is 0 Å². The van der Waals surface area contributed by atoms with E-state index in [4.69, 9.17) is 9.15 Å². The van der Waals surface area contributed by atoms with Crippen LogP contribution in [0.25, 0.3) is 5.82 Å². The number of hydrogen-bond acceptors (Lipinski definition) is 7. The summed E-state index contributed by atoms with van der Waals surface area (Å²) < 4.78 is 12.4. The molecule has 0 unspecified atom stereocenters. The molecule has 0 spiro atoms. The van der Waals surface area contributed by atoms with Crippen LogP contribution < -0.4 is 10.2 Å². The minimum atomic E-state index is -0.0207. The zero-order valence-corrected chi connectivity index (χ0v) is 17.3. The minimum absolute atomic E-state index is 0.0207. The van der Waals surface area contributed by atoms with Crippen LogP contribution in [0.1, 0.15) is 29.1 Å². The van der Waals surface area contributed by atoms with Gasteiger partial charge in [-0.3, -0.25) is 4.79 Å². The predicted molar refractivity (Wildman–Crippen MR) is 111 cm³/mol. The highest BCUT2D eigenvalue weighted by atomic mass is 16.5. The topological polar surface area (TPSA) is 98.3 Å². The van der Waals surface area contributed by atoms with Gasteiger partial charge < -0.3 is 19.4 Å². The summed E-state index contributed by atoms with van der Waals surface area (Å²) in [5, 5.41) is 16.2. The van der Waals surface area contributed by atoms with Crippen LogP contribution in [0.3, 0.4) is 0 Å². The molecule has 158 valence electrons. The number of rotatable bonds is 7. The average molecular weight is 410 g/mol. The summed E-state index contributed by atoms with van der Waals surface area (Å²) in [5.41, 5.74) is 2.92. The molecule has 0 saturated carbocycles. The average Bonchev–Trinajstić information content (AvgIpc) is 3.40. The van der Waals surface area contributed by atoms with Crippen molar-refractivity contribution in [1.82, 2.24) is 25.3 Å². The molecule has 4 rings (SSSR count). The van der Waals surface area contributed by atoms with E-state index < -0.39 is 0 Å². The number of carbonyl (C=O) groups excluding carboxylic acids is 1. The third-order valence-corrected chi connectivity index (χ3v) is 5.27. The van der Waals surface area contributed by atoms with Gasteiger partial charge in [-0.25, -0.2) is 4.68 Å². The van der Waals surface area contributed by atoms with Gasteiger partial charge in [-0.15, -0.1) is 10.2 Å². The van der Waals surface area contributed by atoms with Crippen LogP contribution in [0, 0.1) is 13.8 Å². The number of furan rings is 1. The summed E-state index contributed by atoms with van der Waals surface area (Å²) in [6, 6.07) is 7.53. The van der Waals surface area contributed by atoms with Crippen LogP contribution in [0.5, 0.6) is 0 Å². The van der Waals surface area contributed by atoms with E-state index in [1.807, 2.05) is 32.0 Å². The standard InChI is InChI=1S/C21H26N6O3/c1-15-18(5-8-21(28)22-14-17-4-3-11-30-17)16(2)27(25-15)20-7-6-19(23-24-20)26-9-12-29-13-10-26/h3-4,6-7,11H,5,8-10,12-14H2,1-2H3,(H,22,28). The summed E-state index contributed by atoms with van der Waals surface area (Å²) in [4.78, 5) is 14.3. The number of morpholine rings is 1. The number of ether oxygens (including phenoxy) is 1. The molecule has 4 heterocycles. The molecule has 9 heteroatoms. The zero-order chi connectivity index (χ0) is 20.9. The Morgan fingerprint density at radius 1 is 1.13 bits per heavy atom. The van der Waals surface area contributed by atoms with Gasteiger partial charge in [0.15, 0.2) is 11.6 Å². The maximum absolute atomic E-state index is 12.2. The van der Waals surface area contributed by atoms with Crippen LogP contribution in [-0.2, 0) is 22.5 Å². The first kappa shape index (κ1) is 20.1. The number of nitrogens with zero attached hydrogens (tertiary/aromatic N) is 5. The Hall–Kier alpha value is -3.20. The Morgan fingerprint density at radius 2 is 1.90 bits per heavy atom.